The second kappa shape index (κ2) is 11.0. The lowest BCUT2D eigenvalue weighted by molar-refractivity contribution is -0.123. The lowest BCUT2D eigenvalue weighted by atomic mass is 9.68. The highest BCUT2D eigenvalue weighted by Crippen LogP contribution is 2.69. The largest absolute Gasteiger partial charge is 0.508 e. The molecule has 2 aliphatic carbocycles. The van der Waals surface area contributed by atoms with E-state index in [1.165, 1.54) is 17.0 Å². The number of thioether (sulfide) groups is 1. The fraction of sp³-hybridized carbons (Fsp3) is 0.294. The zero-order valence-electron chi connectivity index (χ0n) is 24.4. The number of hydrogen-bond acceptors (Lipinski definition) is 8. The predicted molar refractivity (Wildman–Crippen MR) is 176 cm³/mol. The summed E-state index contributed by atoms with van der Waals surface area (Å²) in [6.45, 7) is 1.68. The Kier molecular flexibility index (Phi) is 7.04. The number of amides is 3. The molecule has 3 amide bonds. The number of rotatable bonds is 6. The fourth-order valence-electron chi connectivity index (χ4n) is 8.09. The van der Waals surface area contributed by atoms with Crippen molar-refractivity contribution in [1.82, 2.24) is 4.98 Å². The van der Waals surface area contributed by atoms with Crippen molar-refractivity contribution in [1.29, 1.82) is 0 Å². The van der Waals surface area contributed by atoms with Gasteiger partial charge in [0.15, 0.2) is 6.61 Å². The number of aromatic nitrogens is 1. The molecule has 234 valence electrons. The first-order valence-electron chi connectivity index (χ1n) is 15.0. The van der Waals surface area contributed by atoms with Gasteiger partial charge in [0.25, 0.3) is 5.91 Å². The van der Waals surface area contributed by atoms with Crippen molar-refractivity contribution in [2.24, 2.45) is 29.6 Å². The molecule has 8 rings (SSSR count). The van der Waals surface area contributed by atoms with E-state index in [-0.39, 0.29) is 63.9 Å². The summed E-state index contributed by atoms with van der Waals surface area (Å²) in [6.07, 6.45) is 0.748. The molecule has 0 radical (unpaired) electrons. The van der Waals surface area contributed by atoms with Crippen LogP contribution in [0.5, 0.6) is 11.5 Å². The van der Waals surface area contributed by atoms with Crippen LogP contribution in [-0.2, 0) is 14.4 Å². The molecule has 4 aliphatic rings. The summed E-state index contributed by atoms with van der Waals surface area (Å²) >= 11 is 9.32. The van der Waals surface area contributed by atoms with Gasteiger partial charge in [0.1, 0.15) is 11.5 Å². The molecular formula is C34H28ClN3O6S2. The number of phenols is 1. The molecule has 3 fully saturated rings. The van der Waals surface area contributed by atoms with E-state index in [9.17, 15) is 24.3 Å². The number of benzene rings is 3. The Balaban J connectivity index is 1.14. The van der Waals surface area contributed by atoms with E-state index in [1.807, 2.05) is 37.3 Å². The Bertz CT molecular complexity index is 1960. The Morgan fingerprint density at radius 1 is 1.02 bits per heavy atom. The van der Waals surface area contributed by atoms with Crippen molar-refractivity contribution >= 4 is 63.8 Å². The van der Waals surface area contributed by atoms with E-state index in [0.29, 0.717) is 22.1 Å². The van der Waals surface area contributed by atoms with E-state index >= 15 is 0 Å². The monoisotopic (exact) mass is 673 g/mol. The SMILES string of the molecule is Cc1ccc(N2C(=O)C3C4CC(C3C2=O)C2C4Sc3[nH]c(=O)sc3[C@@H]2c2cc(Cl)ccc2OCC(=O)Nc2ccc(O)cc2)cc1. The van der Waals surface area contributed by atoms with Crippen LogP contribution >= 0.6 is 34.7 Å². The molecule has 7 atom stereocenters. The zero-order chi connectivity index (χ0) is 31.9. The highest BCUT2D eigenvalue weighted by atomic mass is 35.5. The summed E-state index contributed by atoms with van der Waals surface area (Å²) in [5.41, 5.74) is 2.91. The summed E-state index contributed by atoms with van der Waals surface area (Å²) in [4.78, 5) is 58.6. The third-order valence-electron chi connectivity index (χ3n) is 9.83. The number of carbonyl (C=O) groups is 3. The van der Waals surface area contributed by atoms with Crippen LogP contribution in [0.3, 0.4) is 0 Å². The van der Waals surface area contributed by atoms with E-state index in [1.54, 1.807) is 36.0 Å². The van der Waals surface area contributed by atoms with E-state index in [2.05, 4.69) is 10.3 Å². The number of thiazole rings is 1. The van der Waals surface area contributed by atoms with Gasteiger partial charge in [-0.05, 0) is 85.7 Å². The number of H-pyrrole nitrogens is 1. The van der Waals surface area contributed by atoms with Gasteiger partial charge in [0, 0.05) is 32.3 Å². The van der Waals surface area contributed by atoms with Crippen LogP contribution in [0.1, 0.15) is 28.3 Å². The molecule has 3 aromatic carbocycles. The van der Waals surface area contributed by atoms with Crippen molar-refractivity contribution in [3.8, 4) is 11.5 Å². The van der Waals surface area contributed by atoms with Gasteiger partial charge < -0.3 is 20.1 Å². The number of anilines is 2. The highest BCUT2D eigenvalue weighted by Gasteiger charge is 2.69. The number of hydrogen-bond donors (Lipinski definition) is 3. The van der Waals surface area contributed by atoms with Crippen molar-refractivity contribution in [2.45, 2.75) is 29.5 Å². The lowest BCUT2D eigenvalue weighted by Gasteiger charge is -2.43. The molecule has 4 aromatic rings. The van der Waals surface area contributed by atoms with Gasteiger partial charge in [-0.2, -0.15) is 0 Å². The van der Waals surface area contributed by atoms with Crippen LogP contribution < -0.4 is 19.8 Å². The van der Waals surface area contributed by atoms with E-state index in [0.717, 1.165) is 38.8 Å². The predicted octanol–water partition coefficient (Wildman–Crippen LogP) is 5.80. The van der Waals surface area contributed by atoms with Gasteiger partial charge in [-0.15, -0.1) is 11.8 Å². The number of aryl methyl sites for hydroxylation is 1. The van der Waals surface area contributed by atoms with Gasteiger partial charge in [-0.25, -0.2) is 0 Å². The van der Waals surface area contributed by atoms with Crippen molar-refractivity contribution in [2.75, 3.05) is 16.8 Å². The minimum Gasteiger partial charge on any atom is -0.508 e. The third kappa shape index (κ3) is 4.66. The molecule has 12 heteroatoms. The number of nitrogens with one attached hydrogen (secondary N) is 2. The van der Waals surface area contributed by atoms with E-state index in [4.69, 9.17) is 16.3 Å². The second-order valence-electron chi connectivity index (χ2n) is 12.4. The molecule has 1 saturated heterocycles. The smallest absolute Gasteiger partial charge is 0.305 e. The number of imide groups is 1. The van der Waals surface area contributed by atoms with Gasteiger partial charge >= 0.3 is 4.87 Å². The maximum Gasteiger partial charge on any atom is 0.305 e. The number of fused-ring (bicyclic) bond motifs is 9. The molecular weight excluding hydrogens is 646 g/mol. The normalized spacial score (nSPS) is 27.3. The number of aromatic amines is 1. The van der Waals surface area contributed by atoms with E-state index < -0.39 is 11.8 Å². The Hall–Kier alpha value is -4.06. The van der Waals surface area contributed by atoms with Crippen LogP contribution in [0.4, 0.5) is 11.4 Å². The fourth-order valence-corrected chi connectivity index (χ4v) is 11.2. The zero-order valence-corrected chi connectivity index (χ0v) is 26.8. The Morgan fingerprint density at radius 2 is 1.74 bits per heavy atom. The van der Waals surface area contributed by atoms with Crippen LogP contribution in [0.2, 0.25) is 5.02 Å². The second-order valence-corrected chi connectivity index (χ2v) is 15.0. The van der Waals surface area contributed by atoms with Crippen LogP contribution in [-0.4, -0.2) is 39.7 Å². The minimum atomic E-state index is -0.444. The van der Waals surface area contributed by atoms with Crippen LogP contribution in [0, 0.1) is 36.5 Å². The average Bonchev–Trinajstić information content (AvgIpc) is 3.77. The first-order chi connectivity index (χ1) is 22.2. The summed E-state index contributed by atoms with van der Waals surface area (Å²) in [5.74, 6) is -1.48. The number of carbonyl (C=O) groups excluding carboxylic acids is 3. The number of phenolic OH excluding ortho intramolecular Hbond substituents is 1. The standard InChI is InChI=1S/C34H28ClN3O6S2/c1-15-2-7-18(8-3-15)38-32(41)27-21-13-22(28(27)33(38)42)29-26(21)25(30-31(45-29)37-34(43)46-30)20-12-16(35)4-11-23(20)44-14-24(40)36-17-5-9-19(39)10-6-17/h2-12,21-22,25-29,39H,13-14H2,1H3,(H,36,40)(H,37,43)/t21?,22?,25-,26?,27?,28?,29?/m1/s1. The number of nitrogens with zero attached hydrogens (tertiary/aromatic N) is 1. The molecule has 1 aromatic heterocycles. The number of aromatic hydroxyl groups is 1. The van der Waals surface area contributed by atoms with Gasteiger partial charge in [0.05, 0.1) is 22.5 Å². The van der Waals surface area contributed by atoms with Crippen molar-refractivity contribution < 1.29 is 24.2 Å². The molecule has 9 nitrogen and oxygen atoms in total. The topological polar surface area (TPSA) is 129 Å². The third-order valence-corrected chi connectivity index (χ3v) is 12.7. The highest BCUT2D eigenvalue weighted by molar-refractivity contribution is 8.00. The molecule has 2 bridgehead atoms. The van der Waals surface area contributed by atoms with Crippen LogP contribution in [0.15, 0.2) is 76.6 Å². The quantitative estimate of drug-likeness (QED) is 0.174. The molecule has 46 heavy (non-hydrogen) atoms. The summed E-state index contributed by atoms with van der Waals surface area (Å²) in [5, 5.41) is 13.5. The minimum absolute atomic E-state index is 0.00616. The molecule has 2 aliphatic heterocycles. The molecule has 0 spiro atoms. The summed E-state index contributed by atoms with van der Waals surface area (Å²) < 4.78 is 6.12. The number of halogens is 1. The van der Waals surface area contributed by atoms with Crippen LogP contribution in [0.25, 0.3) is 0 Å². The lowest BCUT2D eigenvalue weighted by Crippen LogP contribution is -2.42. The number of ether oxygens (including phenoxy) is 1. The first-order valence-corrected chi connectivity index (χ1v) is 17.1. The average molecular weight is 674 g/mol. The Labute approximate surface area is 276 Å². The summed E-state index contributed by atoms with van der Waals surface area (Å²) in [6, 6.07) is 18.9. The first kappa shape index (κ1) is 29.3. The van der Waals surface area contributed by atoms with Gasteiger partial charge in [0.2, 0.25) is 11.8 Å². The maximum absolute atomic E-state index is 14.0. The Morgan fingerprint density at radius 3 is 2.48 bits per heavy atom. The van der Waals surface area contributed by atoms with Gasteiger partial charge in [-0.3, -0.25) is 24.1 Å². The van der Waals surface area contributed by atoms with Crippen molar-refractivity contribution in [3.63, 3.8) is 0 Å². The maximum atomic E-state index is 14.0. The summed E-state index contributed by atoms with van der Waals surface area (Å²) in [7, 11) is 0. The van der Waals surface area contributed by atoms with Gasteiger partial charge in [-0.1, -0.05) is 40.6 Å². The molecule has 2 saturated carbocycles. The molecule has 3 N–H and O–H groups in total. The molecule has 3 heterocycles. The van der Waals surface area contributed by atoms with Crippen molar-refractivity contribution in [3.05, 3.63) is 97.4 Å². The molecule has 6 unspecified atom stereocenters.